The number of nitrogens with zero attached hydrogens (tertiary/aromatic N) is 1. The summed E-state index contributed by atoms with van der Waals surface area (Å²) in [7, 11) is 2.04. The molecule has 0 fully saturated rings. The Morgan fingerprint density at radius 3 is 2.62 bits per heavy atom. The molecule has 16 heavy (non-hydrogen) atoms. The van der Waals surface area contributed by atoms with Crippen molar-refractivity contribution in [1.29, 1.82) is 0 Å². The highest BCUT2D eigenvalue weighted by molar-refractivity contribution is 9.10. The minimum absolute atomic E-state index is 0. The second-order valence-corrected chi connectivity index (χ2v) is 5.23. The molecule has 2 N–H and O–H groups in total. The van der Waals surface area contributed by atoms with Crippen LogP contribution in [0.1, 0.15) is 12.5 Å². The van der Waals surface area contributed by atoms with E-state index in [-0.39, 0.29) is 18.4 Å². The second-order valence-electron chi connectivity index (χ2n) is 3.91. The van der Waals surface area contributed by atoms with Gasteiger partial charge in [0.1, 0.15) is 0 Å². The Balaban J connectivity index is 0.00000225. The van der Waals surface area contributed by atoms with E-state index in [9.17, 15) is 0 Å². The van der Waals surface area contributed by atoms with E-state index in [2.05, 4.69) is 20.8 Å². The van der Waals surface area contributed by atoms with Crippen LogP contribution >= 0.6 is 39.9 Å². The lowest BCUT2D eigenvalue weighted by Crippen LogP contribution is -2.32. The highest BCUT2D eigenvalue weighted by Gasteiger charge is 2.06. The molecular formula is C11H17BrCl2N2. The minimum atomic E-state index is 0. The van der Waals surface area contributed by atoms with Gasteiger partial charge in [-0.2, -0.15) is 0 Å². The summed E-state index contributed by atoms with van der Waals surface area (Å²) in [5, 5.41) is 0.792. The van der Waals surface area contributed by atoms with Crippen LogP contribution < -0.4 is 5.73 Å². The molecule has 2 nitrogen and oxygen atoms in total. The molecule has 1 aromatic carbocycles. The van der Waals surface area contributed by atoms with Gasteiger partial charge in [-0.3, -0.25) is 0 Å². The molecule has 1 aromatic rings. The Labute approximate surface area is 117 Å². The van der Waals surface area contributed by atoms with Crippen molar-refractivity contribution in [1.82, 2.24) is 4.90 Å². The van der Waals surface area contributed by atoms with Gasteiger partial charge in [-0.25, -0.2) is 0 Å². The summed E-state index contributed by atoms with van der Waals surface area (Å²) in [6.45, 7) is 3.69. The first-order chi connectivity index (χ1) is 6.99. The molecule has 0 radical (unpaired) electrons. The van der Waals surface area contributed by atoms with Crippen LogP contribution in [0, 0.1) is 0 Å². The number of benzene rings is 1. The summed E-state index contributed by atoms with van der Waals surface area (Å²) < 4.78 is 1.01. The van der Waals surface area contributed by atoms with Crippen molar-refractivity contribution < 1.29 is 0 Å². The first-order valence-corrected chi connectivity index (χ1v) is 6.04. The van der Waals surface area contributed by atoms with Crippen LogP contribution in [0.4, 0.5) is 0 Å². The fraction of sp³-hybridized carbons (Fsp3) is 0.455. The number of halogens is 3. The highest BCUT2D eigenvalue weighted by atomic mass is 79.9. The lowest BCUT2D eigenvalue weighted by Gasteiger charge is -2.19. The summed E-state index contributed by atoms with van der Waals surface area (Å²) in [6, 6.07) is 6.13. The first-order valence-electron chi connectivity index (χ1n) is 4.87. The molecular weight excluding hydrogens is 311 g/mol. The number of rotatable bonds is 4. The predicted octanol–water partition coefficient (Wildman–Crippen LogP) is 3.30. The molecule has 0 amide bonds. The smallest absolute Gasteiger partial charge is 0.0462 e. The molecule has 1 rings (SSSR count). The zero-order valence-corrected chi connectivity index (χ0v) is 12.6. The maximum absolute atomic E-state index is 6.12. The maximum atomic E-state index is 6.12. The lowest BCUT2D eigenvalue weighted by molar-refractivity contribution is 0.310. The molecule has 0 aliphatic rings. The molecule has 0 spiro atoms. The van der Waals surface area contributed by atoms with Crippen LogP contribution in [-0.4, -0.2) is 24.5 Å². The fourth-order valence-electron chi connectivity index (χ4n) is 1.50. The van der Waals surface area contributed by atoms with E-state index in [0.29, 0.717) is 0 Å². The van der Waals surface area contributed by atoms with Crippen molar-refractivity contribution in [2.24, 2.45) is 5.73 Å². The van der Waals surface area contributed by atoms with E-state index in [4.69, 9.17) is 17.3 Å². The Hall–Kier alpha value is 0.200. The average Bonchev–Trinajstić information content (AvgIpc) is 2.08. The summed E-state index contributed by atoms with van der Waals surface area (Å²) in [5.41, 5.74) is 6.85. The summed E-state index contributed by atoms with van der Waals surface area (Å²) in [4.78, 5) is 2.17. The van der Waals surface area contributed by atoms with E-state index in [0.717, 1.165) is 28.1 Å². The normalized spacial score (nSPS) is 12.4. The van der Waals surface area contributed by atoms with Gasteiger partial charge in [-0.05, 0) is 31.7 Å². The maximum Gasteiger partial charge on any atom is 0.0462 e. The van der Waals surface area contributed by atoms with Gasteiger partial charge in [-0.15, -0.1) is 12.4 Å². The monoisotopic (exact) mass is 326 g/mol. The van der Waals surface area contributed by atoms with Crippen molar-refractivity contribution in [3.05, 3.63) is 33.3 Å². The molecule has 92 valence electrons. The van der Waals surface area contributed by atoms with Gasteiger partial charge in [0.05, 0.1) is 0 Å². The van der Waals surface area contributed by atoms with Gasteiger partial charge in [0, 0.05) is 28.6 Å². The van der Waals surface area contributed by atoms with Gasteiger partial charge in [-0.1, -0.05) is 33.6 Å². The van der Waals surface area contributed by atoms with Crippen molar-refractivity contribution in [2.75, 3.05) is 13.6 Å². The topological polar surface area (TPSA) is 29.3 Å². The number of hydrogen-bond donors (Lipinski definition) is 1. The first kappa shape index (κ1) is 16.2. The molecule has 0 aliphatic carbocycles. The Kier molecular flexibility index (Phi) is 7.61. The number of likely N-dealkylation sites (N-methyl/N-ethyl adjacent to an activating group) is 1. The molecule has 0 saturated heterocycles. The molecule has 1 unspecified atom stereocenters. The molecule has 0 saturated carbocycles. The Bertz CT molecular complexity index is 332. The largest absolute Gasteiger partial charge is 0.327 e. The molecule has 1 atom stereocenters. The van der Waals surface area contributed by atoms with Crippen LogP contribution in [0.15, 0.2) is 22.7 Å². The zero-order chi connectivity index (χ0) is 11.4. The molecule has 0 heterocycles. The molecule has 5 heteroatoms. The van der Waals surface area contributed by atoms with Gasteiger partial charge in [0.2, 0.25) is 0 Å². The van der Waals surface area contributed by atoms with Crippen LogP contribution in [0.5, 0.6) is 0 Å². The van der Waals surface area contributed by atoms with Crippen molar-refractivity contribution >= 4 is 39.9 Å². The fourth-order valence-corrected chi connectivity index (χ4v) is 2.23. The third kappa shape index (κ3) is 5.51. The van der Waals surface area contributed by atoms with E-state index < -0.39 is 0 Å². The minimum Gasteiger partial charge on any atom is -0.327 e. The number of nitrogens with two attached hydrogens (primary N) is 1. The second kappa shape index (κ2) is 7.51. The Morgan fingerprint density at radius 2 is 2.12 bits per heavy atom. The summed E-state index contributed by atoms with van der Waals surface area (Å²) in [6.07, 6.45) is 0. The highest BCUT2D eigenvalue weighted by Crippen LogP contribution is 2.22. The summed E-state index contributed by atoms with van der Waals surface area (Å²) >= 11 is 9.51. The molecule has 0 aromatic heterocycles. The van der Waals surface area contributed by atoms with Gasteiger partial charge >= 0.3 is 0 Å². The van der Waals surface area contributed by atoms with Crippen LogP contribution in [0.25, 0.3) is 0 Å². The Morgan fingerprint density at radius 1 is 1.50 bits per heavy atom. The van der Waals surface area contributed by atoms with Gasteiger partial charge < -0.3 is 10.6 Å². The van der Waals surface area contributed by atoms with E-state index in [1.54, 1.807) is 0 Å². The third-order valence-electron chi connectivity index (χ3n) is 2.06. The van der Waals surface area contributed by atoms with Crippen LogP contribution in [0.2, 0.25) is 5.02 Å². The zero-order valence-electron chi connectivity index (χ0n) is 9.41. The van der Waals surface area contributed by atoms with E-state index in [1.165, 1.54) is 0 Å². The van der Waals surface area contributed by atoms with Crippen molar-refractivity contribution in [3.8, 4) is 0 Å². The van der Waals surface area contributed by atoms with E-state index >= 15 is 0 Å². The van der Waals surface area contributed by atoms with E-state index in [1.807, 2.05) is 32.2 Å². The number of hydrogen-bond acceptors (Lipinski definition) is 2. The molecule has 0 bridgehead atoms. The average molecular weight is 328 g/mol. The van der Waals surface area contributed by atoms with Gasteiger partial charge in [0.15, 0.2) is 0 Å². The van der Waals surface area contributed by atoms with Crippen LogP contribution in [-0.2, 0) is 6.54 Å². The van der Waals surface area contributed by atoms with Crippen molar-refractivity contribution in [2.45, 2.75) is 19.5 Å². The third-order valence-corrected chi connectivity index (χ3v) is 2.90. The SMILES string of the molecule is CC(N)CN(C)Cc1ccc(Br)cc1Cl.Cl. The van der Waals surface area contributed by atoms with Crippen molar-refractivity contribution in [3.63, 3.8) is 0 Å². The summed E-state index contributed by atoms with van der Waals surface area (Å²) in [5.74, 6) is 0. The molecule has 0 aliphatic heterocycles. The van der Waals surface area contributed by atoms with Crippen LogP contribution in [0.3, 0.4) is 0 Å². The predicted molar refractivity (Wildman–Crippen MR) is 76.4 cm³/mol. The lowest BCUT2D eigenvalue weighted by atomic mass is 10.2. The quantitative estimate of drug-likeness (QED) is 0.919. The standard InChI is InChI=1S/C11H16BrClN2.ClH/c1-8(14)6-15(2)7-9-3-4-10(12)5-11(9)13;/h3-5,8H,6-7,14H2,1-2H3;1H. The van der Waals surface area contributed by atoms with Gasteiger partial charge in [0.25, 0.3) is 0 Å².